The summed E-state index contributed by atoms with van der Waals surface area (Å²) < 4.78 is 47.4. The Bertz CT molecular complexity index is 3120. The number of anilines is 3. The predicted octanol–water partition coefficient (Wildman–Crippen LogP) is 5.72. The molecule has 1 aliphatic rings. The summed E-state index contributed by atoms with van der Waals surface area (Å²) in [7, 11) is -3.74. The molecule has 6 aromatic rings. The normalized spacial score (nSPS) is 15.4. The van der Waals surface area contributed by atoms with Gasteiger partial charge in [0.05, 0.1) is 39.2 Å². The van der Waals surface area contributed by atoms with E-state index in [-0.39, 0.29) is 78.1 Å². The zero-order valence-corrected chi connectivity index (χ0v) is 43.1. The molecule has 23 heteroatoms. The largest absolute Gasteiger partial charge is 0.484 e. The van der Waals surface area contributed by atoms with E-state index in [4.69, 9.17) is 10.5 Å². The number of benzene rings is 3. The number of aromatic amines is 1. The van der Waals surface area contributed by atoms with Crippen molar-refractivity contribution in [3.8, 4) is 27.4 Å². The lowest BCUT2D eigenvalue weighted by Gasteiger charge is -2.35. The number of aromatic nitrogens is 4. The average Bonchev–Trinajstić information content (AvgIpc) is 4.11. The summed E-state index contributed by atoms with van der Waals surface area (Å²) in [5.74, 6) is -3.20. The molecule has 0 unspecified atom stereocenters. The van der Waals surface area contributed by atoms with Crippen molar-refractivity contribution in [2.45, 2.75) is 85.2 Å². The molecule has 0 saturated carbocycles. The second-order valence-corrected chi connectivity index (χ2v) is 21.6. The van der Waals surface area contributed by atoms with E-state index in [9.17, 15) is 41.9 Å². The van der Waals surface area contributed by atoms with Gasteiger partial charge in [-0.05, 0) is 79.3 Å². The number of thiazole rings is 1. The van der Waals surface area contributed by atoms with Gasteiger partial charge in [-0.15, -0.1) is 11.3 Å². The van der Waals surface area contributed by atoms with Crippen molar-refractivity contribution in [3.05, 3.63) is 124 Å². The van der Waals surface area contributed by atoms with Gasteiger partial charge in [0, 0.05) is 44.2 Å². The number of rotatable bonds is 20. The molecule has 1 fully saturated rings. The van der Waals surface area contributed by atoms with Crippen molar-refractivity contribution in [1.29, 1.82) is 0 Å². The lowest BCUT2D eigenvalue weighted by atomic mass is 9.85. The number of β-amino-alcohol motifs (C(OH)–C–C–N with tert-alkyl or cyclic N) is 1. The number of hydrogen-bond acceptors (Lipinski definition) is 14. The highest BCUT2D eigenvalue weighted by Gasteiger charge is 2.44. The van der Waals surface area contributed by atoms with Gasteiger partial charge in [0.1, 0.15) is 52.6 Å². The molecule has 4 atom stereocenters. The molecular formula is C51H58FN11O9S2. The fraction of sp³-hybridized carbons (Fsp3) is 0.333. The van der Waals surface area contributed by atoms with Crippen LogP contribution in [0.3, 0.4) is 0 Å². The Kier molecular flexibility index (Phi) is 16.8. The Morgan fingerprint density at radius 2 is 1.70 bits per heavy atom. The van der Waals surface area contributed by atoms with Crippen molar-refractivity contribution in [2.75, 3.05) is 28.9 Å². The smallest absolute Gasteiger partial charge is 0.254 e. The second-order valence-electron chi connectivity index (χ2n) is 18.7. The Morgan fingerprint density at radius 1 is 0.986 bits per heavy atom. The van der Waals surface area contributed by atoms with E-state index in [0.717, 1.165) is 21.7 Å². The standard InChI is InChI=1S/C51H58FN11O9S2/c1-7-74(70,71)62-37-18-14-33(22-39(37)72-29(3)31-12-16-35(52)17-13-31)43-42(46(53)66)47(61-60-43)58-40-19-15-34(25-55-40)48(67)54-21-20-41(65)59-45(51(4,5)6)50(69)63-26-36(64)23-38(63)49(68)56-24-30-8-10-32(11-9-30)44-28(2)57-27-73-44/h8-19,22,25,27,29,36,38,45,62,64H,7,20-21,23-24,26H2,1-6H3,(H2,53,66)(H,54,67)(H,56,68)(H,59,65)(H2,55,58,60,61)/t29-,36+,38-,45+/m1/s1. The molecule has 9 N–H and O–H groups in total. The van der Waals surface area contributed by atoms with E-state index in [1.54, 1.807) is 44.5 Å². The number of carbonyl (C=O) groups excluding carboxylic acids is 5. The highest BCUT2D eigenvalue weighted by Crippen LogP contribution is 2.37. The lowest BCUT2D eigenvalue weighted by Crippen LogP contribution is -2.57. The van der Waals surface area contributed by atoms with E-state index in [1.807, 2.05) is 31.2 Å². The molecule has 1 aliphatic heterocycles. The topological polar surface area (TPSA) is 293 Å². The van der Waals surface area contributed by atoms with E-state index < -0.39 is 75.1 Å². The maximum atomic E-state index is 14.1. The first-order valence-electron chi connectivity index (χ1n) is 23.6. The number of likely N-dealkylation sites (tertiary alicyclic amines) is 1. The number of aliphatic hydroxyl groups excluding tert-OH is 1. The minimum absolute atomic E-state index is 0.0344. The van der Waals surface area contributed by atoms with Gasteiger partial charge in [-0.1, -0.05) is 63.2 Å². The number of nitrogens with one attached hydrogen (secondary N) is 6. The summed E-state index contributed by atoms with van der Waals surface area (Å²) >= 11 is 1.54. The number of ether oxygens (including phenoxy) is 1. The van der Waals surface area contributed by atoms with Crippen LogP contribution in [0.5, 0.6) is 5.75 Å². The number of aryl methyl sites for hydroxylation is 1. The molecule has 3 aromatic carbocycles. The molecular weight excluding hydrogens is 994 g/mol. The average molecular weight is 1050 g/mol. The third-order valence-electron chi connectivity index (χ3n) is 12.2. The monoisotopic (exact) mass is 1050 g/mol. The van der Waals surface area contributed by atoms with Crippen LogP contribution in [-0.4, -0.2) is 105 Å². The van der Waals surface area contributed by atoms with Crippen molar-refractivity contribution in [3.63, 3.8) is 0 Å². The molecule has 3 aromatic heterocycles. The first-order valence-corrected chi connectivity index (χ1v) is 26.1. The number of amides is 5. The molecule has 390 valence electrons. The Hall–Kier alpha value is -7.76. The molecule has 0 aliphatic carbocycles. The fourth-order valence-electron chi connectivity index (χ4n) is 8.10. The number of carbonyl (C=O) groups is 5. The van der Waals surface area contributed by atoms with Crippen molar-refractivity contribution in [2.24, 2.45) is 11.1 Å². The number of H-pyrrole nitrogens is 1. The zero-order valence-electron chi connectivity index (χ0n) is 41.5. The molecule has 7 rings (SSSR count). The SMILES string of the molecule is CCS(=O)(=O)Nc1ccc(-c2n[nH]c(Nc3ccc(C(=O)NCCC(=O)N[C@@H](C(=O)N4C[C@@H](O)C[C@@H]4C(=O)NCc4ccc(-c5scnc5C)cc4)C(C)(C)C)cn3)c2C(N)=O)cc1O[C@H](C)c1ccc(F)cc1. The van der Waals surface area contributed by atoms with E-state index >= 15 is 0 Å². The maximum Gasteiger partial charge on any atom is 0.254 e. The van der Waals surface area contributed by atoms with Gasteiger partial charge in [-0.3, -0.25) is 33.8 Å². The molecule has 5 amide bonds. The highest BCUT2D eigenvalue weighted by atomic mass is 32.2. The highest BCUT2D eigenvalue weighted by molar-refractivity contribution is 7.92. The van der Waals surface area contributed by atoms with Crippen LogP contribution >= 0.6 is 11.3 Å². The molecule has 1 saturated heterocycles. The molecule has 74 heavy (non-hydrogen) atoms. The third kappa shape index (κ3) is 13.3. The van der Waals surface area contributed by atoms with Crippen LogP contribution in [0.2, 0.25) is 0 Å². The first kappa shape index (κ1) is 54.0. The second kappa shape index (κ2) is 23.0. The van der Waals surface area contributed by atoms with Gasteiger partial charge >= 0.3 is 0 Å². The fourth-order valence-corrected chi connectivity index (χ4v) is 9.56. The number of primary amides is 1. The minimum Gasteiger partial charge on any atom is -0.484 e. The van der Waals surface area contributed by atoms with Crippen LogP contribution in [0.15, 0.2) is 90.6 Å². The number of sulfonamides is 1. The van der Waals surface area contributed by atoms with Crippen LogP contribution in [-0.2, 0) is 31.0 Å². The van der Waals surface area contributed by atoms with Crippen LogP contribution < -0.4 is 36.5 Å². The maximum absolute atomic E-state index is 14.1. The number of aliphatic hydroxyl groups is 1. The van der Waals surface area contributed by atoms with Gasteiger partial charge in [0.25, 0.3) is 11.8 Å². The third-order valence-corrected chi connectivity index (χ3v) is 14.5. The number of hydrogen-bond donors (Lipinski definition) is 8. The van der Waals surface area contributed by atoms with Gasteiger partial charge in [0.2, 0.25) is 27.7 Å². The lowest BCUT2D eigenvalue weighted by molar-refractivity contribution is -0.144. The molecule has 0 bridgehead atoms. The van der Waals surface area contributed by atoms with Crippen LogP contribution in [0, 0.1) is 18.2 Å². The van der Waals surface area contributed by atoms with Crippen LogP contribution in [0.4, 0.5) is 21.7 Å². The van der Waals surface area contributed by atoms with Gasteiger partial charge in [0.15, 0.2) is 0 Å². The Labute approximate surface area is 431 Å². The van der Waals surface area contributed by atoms with Crippen molar-refractivity contribution >= 4 is 68.2 Å². The van der Waals surface area contributed by atoms with Gasteiger partial charge in [-0.2, -0.15) is 5.10 Å². The summed E-state index contributed by atoms with van der Waals surface area (Å²) in [4.78, 5) is 77.9. The number of pyridine rings is 1. The van der Waals surface area contributed by atoms with E-state index in [1.165, 1.54) is 72.6 Å². The minimum atomic E-state index is -3.74. The van der Waals surface area contributed by atoms with Gasteiger partial charge in [-0.25, -0.2) is 22.8 Å². The van der Waals surface area contributed by atoms with Crippen LogP contribution in [0.25, 0.3) is 21.7 Å². The first-order chi connectivity index (χ1) is 35.1. The Morgan fingerprint density at radius 3 is 2.34 bits per heavy atom. The molecule has 4 heterocycles. The zero-order chi connectivity index (χ0) is 53.5. The predicted molar refractivity (Wildman–Crippen MR) is 277 cm³/mol. The summed E-state index contributed by atoms with van der Waals surface area (Å²) in [6.45, 7) is 10.5. The number of nitrogens with two attached hydrogens (primary N) is 1. The molecule has 20 nitrogen and oxygen atoms in total. The van der Waals surface area contributed by atoms with Gasteiger partial charge < -0.3 is 41.7 Å². The summed E-state index contributed by atoms with van der Waals surface area (Å²) in [5.41, 5.74) is 10.9. The van der Waals surface area contributed by atoms with E-state index in [0.29, 0.717) is 11.1 Å². The quantitative estimate of drug-likeness (QED) is 0.0455. The Balaban J connectivity index is 0.942. The molecule has 0 spiro atoms. The number of halogens is 1. The van der Waals surface area contributed by atoms with Crippen molar-refractivity contribution < 1.29 is 46.6 Å². The van der Waals surface area contributed by atoms with Crippen LogP contribution in [0.1, 0.15) is 91.1 Å². The molecule has 0 radical (unpaired) electrons. The van der Waals surface area contributed by atoms with E-state index in [2.05, 4.69) is 46.2 Å². The summed E-state index contributed by atoms with van der Waals surface area (Å²) in [6.07, 6.45) is -0.482. The summed E-state index contributed by atoms with van der Waals surface area (Å²) in [6, 6.07) is 18.7. The number of nitrogens with zero attached hydrogens (tertiary/aromatic N) is 4. The summed E-state index contributed by atoms with van der Waals surface area (Å²) in [5, 5.41) is 29.0. The van der Waals surface area contributed by atoms with Crippen molar-refractivity contribution in [1.82, 2.24) is 41.0 Å².